The molecule has 0 bridgehead atoms. The number of hydrogen-bond acceptors (Lipinski definition) is 2. The first kappa shape index (κ1) is 10.9. The first-order chi connectivity index (χ1) is 5.31. The van der Waals surface area contributed by atoms with Crippen molar-refractivity contribution in [2.45, 2.75) is 6.92 Å². The number of halogens is 1. The van der Waals surface area contributed by atoms with E-state index in [0.717, 1.165) is 11.5 Å². The first-order valence-corrected chi connectivity index (χ1v) is 5.23. The van der Waals surface area contributed by atoms with Crippen molar-refractivity contribution in [3.8, 4) is 10.8 Å². The van der Waals surface area contributed by atoms with Crippen LogP contribution in [0.1, 0.15) is 6.92 Å². The van der Waals surface area contributed by atoms with Gasteiger partial charge in [-0.05, 0) is 10.6 Å². The summed E-state index contributed by atoms with van der Waals surface area (Å²) in [4.78, 5) is 13.0. The summed E-state index contributed by atoms with van der Waals surface area (Å²) in [5.74, 6) is 4.14. The average Bonchev–Trinajstić information content (AvgIpc) is 1.99. The van der Waals surface area contributed by atoms with Gasteiger partial charge in [0.15, 0.2) is 0 Å². The second-order valence-electron chi connectivity index (χ2n) is 1.67. The van der Waals surface area contributed by atoms with Crippen LogP contribution >= 0.6 is 27.7 Å². The molecule has 0 saturated carbocycles. The Balaban J connectivity index is 3.22. The van der Waals surface area contributed by atoms with E-state index >= 15 is 0 Å². The van der Waals surface area contributed by atoms with Gasteiger partial charge in [-0.1, -0.05) is 6.92 Å². The second-order valence-corrected chi connectivity index (χ2v) is 3.46. The van der Waals surface area contributed by atoms with Gasteiger partial charge in [0, 0.05) is 34.1 Å². The maximum atomic E-state index is 10.7. The Bertz CT molecular complexity index is 173. The number of nitrogens with one attached hydrogen (secondary N) is 1. The quantitative estimate of drug-likeness (QED) is 0.587. The second kappa shape index (κ2) is 7.96. The predicted octanol–water partition coefficient (Wildman–Crippen LogP) is 1.21. The molecule has 0 radical (unpaired) electrons. The zero-order valence-corrected chi connectivity index (χ0v) is 8.72. The number of rotatable bonds is 4. The van der Waals surface area contributed by atoms with Crippen LogP contribution in [0.2, 0.25) is 0 Å². The molecule has 0 aromatic heterocycles. The van der Waals surface area contributed by atoms with Crippen LogP contribution in [0.5, 0.6) is 0 Å². The van der Waals surface area contributed by atoms with Gasteiger partial charge in [-0.3, -0.25) is 4.79 Å². The normalized spacial score (nSPS) is 8.18. The minimum Gasteiger partial charge on any atom is -0.344 e. The molecule has 62 valence electrons. The summed E-state index contributed by atoms with van der Waals surface area (Å²) < 4.78 is 0. The van der Waals surface area contributed by atoms with E-state index in [4.69, 9.17) is 0 Å². The van der Waals surface area contributed by atoms with Crippen molar-refractivity contribution < 1.29 is 4.79 Å². The Morgan fingerprint density at radius 3 is 3.00 bits per heavy atom. The van der Waals surface area contributed by atoms with Crippen LogP contribution in [-0.4, -0.2) is 24.0 Å². The summed E-state index contributed by atoms with van der Waals surface area (Å²) in [5, 5.41) is 2.66. The molecule has 0 rings (SSSR count). The maximum Gasteiger partial charge on any atom is 0.296 e. The van der Waals surface area contributed by atoms with E-state index in [9.17, 15) is 4.79 Å². The van der Waals surface area contributed by atoms with Crippen LogP contribution in [-0.2, 0) is 4.79 Å². The Hall–Kier alpha value is -0.140. The standard InChI is InChI=1S/C7H10BrNOS/c1-2-11-6-5-9-7(10)3-4-8/h2,5-6H2,1H3,(H,9,10). The van der Waals surface area contributed by atoms with E-state index in [0.29, 0.717) is 6.54 Å². The Morgan fingerprint density at radius 1 is 1.73 bits per heavy atom. The van der Waals surface area contributed by atoms with Crippen molar-refractivity contribution in [2.75, 3.05) is 18.1 Å². The number of carbonyl (C=O) groups excluding carboxylic acids is 1. The third kappa shape index (κ3) is 7.76. The molecular weight excluding hydrogens is 226 g/mol. The van der Waals surface area contributed by atoms with Crippen molar-refractivity contribution in [1.29, 1.82) is 0 Å². The monoisotopic (exact) mass is 235 g/mol. The van der Waals surface area contributed by atoms with E-state index in [-0.39, 0.29) is 5.91 Å². The molecule has 1 amide bonds. The van der Waals surface area contributed by atoms with Crippen LogP contribution in [0.15, 0.2) is 0 Å². The topological polar surface area (TPSA) is 29.1 Å². The fourth-order valence-corrected chi connectivity index (χ4v) is 1.18. The summed E-state index contributed by atoms with van der Waals surface area (Å²) >= 11 is 4.64. The Labute approximate surface area is 79.6 Å². The highest BCUT2D eigenvalue weighted by molar-refractivity contribution is 9.12. The average molecular weight is 236 g/mol. The lowest BCUT2D eigenvalue weighted by Gasteiger charge is -1.97. The molecule has 0 aliphatic heterocycles. The molecule has 0 fully saturated rings. The van der Waals surface area contributed by atoms with Gasteiger partial charge in [-0.2, -0.15) is 11.8 Å². The van der Waals surface area contributed by atoms with E-state index < -0.39 is 0 Å². The van der Waals surface area contributed by atoms with Gasteiger partial charge in [-0.25, -0.2) is 0 Å². The minimum atomic E-state index is -0.224. The Kier molecular flexibility index (Phi) is 7.86. The molecule has 0 heterocycles. The summed E-state index contributed by atoms with van der Waals surface area (Å²) in [6.07, 6.45) is 0. The van der Waals surface area contributed by atoms with E-state index in [1.165, 1.54) is 0 Å². The molecule has 4 heteroatoms. The molecule has 11 heavy (non-hydrogen) atoms. The molecule has 0 unspecified atom stereocenters. The highest BCUT2D eigenvalue weighted by Gasteiger charge is 1.92. The lowest BCUT2D eigenvalue weighted by atomic mass is 10.6. The number of amides is 1. The molecule has 0 aromatic rings. The number of thioether (sulfide) groups is 1. The smallest absolute Gasteiger partial charge is 0.296 e. The van der Waals surface area contributed by atoms with Gasteiger partial charge in [0.1, 0.15) is 0 Å². The van der Waals surface area contributed by atoms with Gasteiger partial charge in [0.25, 0.3) is 5.91 Å². The van der Waals surface area contributed by atoms with Crippen LogP contribution in [0, 0.1) is 10.8 Å². The fourth-order valence-electron chi connectivity index (χ4n) is 0.468. The number of hydrogen-bond donors (Lipinski definition) is 1. The summed E-state index contributed by atoms with van der Waals surface area (Å²) in [6, 6.07) is 0. The van der Waals surface area contributed by atoms with Crippen molar-refractivity contribution in [3.05, 3.63) is 0 Å². The molecule has 1 N–H and O–H groups in total. The molecule has 0 aliphatic rings. The zero-order chi connectivity index (χ0) is 8.53. The molecule has 0 aliphatic carbocycles. The summed E-state index contributed by atoms with van der Waals surface area (Å²) in [6.45, 7) is 2.78. The van der Waals surface area contributed by atoms with Crippen LogP contribution in [0.25, 0.3) is 0 Å². The third-order valence-corrected chi connectivity index (χ3v) is 2.00. The van der Waals surface area contributed by atoms with Crippen molar-refractivity contribution in [3.63, 3.8) is 0 Å². The van der Waals surface area contributed by atoms with Crippen LogP contribution in [0.3, 0.4) is 0 Å². The first-order valence-electron chi connectivity index (χ1n) is 3.28. The lowest BCUT2D eigenvalue weighted by Crippen LogP contribution is -2.23. The van der Waals surface area contributed by atoms with E-state index in [2.05, 4.69) is 38.9 Å². The third-order valence-electron chi connectivity index (χ3n) is 0.897. The molecule has 0 saturated heterocycles. The highest BCUT2D eigenvalue weighted by Crippen LogP contribution is 1.94. The van der Waals surface area contributed by atoms with E-state index in [1.807, 2.05) is 0 Å². The molecule has 2 nitrogen and oxygen atoms in total. The predicted molar refractivity (Wildman–Crippen MR) is 52.7 cm³/mol. The van der Waals surface area contributed by atoms with Crippen molar-refractivity contribution in [2.24, 2.45) is 0 Å². The molecular formula is C7H10BrNOS. The lowest BCUT2D eigenvalue weighted by molar-refractivity contribution is -0.115. The maximum absolute atomic E-state index is 10.7. The van der Waals surface area contributed by atoms with Crippen LogP contribution < -0.4 is 5.32 Å². The van der Waals surface area contributed by atoms with Crippen molar-refractivity contribution in [1.82, 2.24) is 5.32 Å². The van der Waals surface area contributed by atoms with Crippen LogP contribution in [0.4, 0.5) is 0 Å². The van der Waals surface area contributed by atoms with Gasteiger partial charge < -0.3 is 5.32 Å². The zero-order valence-electron chi connectivity index (χ0n) is 6.32. The van der Waals surface area contributed by atoms with Gasteiger partial charge in [0.2, 0.25) is 0 Å². The largest absolute Gasteiger partial charge is 0.344 e. The van der Waals surface area contributed by atoms with Gasteiger partial charge in [0.05, 0.1) is 0 Å². The minimum absolute atomic E-state index is 0.224. The Morgan fingerprint density at radius 2 is 2.45 bits per heavy atom. The highest BCUT2D eigenvalue weighted by atomic mass is 79.9. The van der Waals surface area contributed by atoms with Gasteiger partial charge >= 0.3 is 0 Å². The van der Waals surface area contributed by atoms with Gasteiger partial charge in [-0.15, -0.1) is 0 Å². The molecule has 0 spiro atoms. The SMILES string of the molecule is CCSCCNC(=O)C#CBr. The summed E-state index contributed by atoms with van der Waals surface area (Å²) in [5.41, 5.74) is 0. The summed E-state index contributed by atoms with van der Waals surface area (Å²) in [7, 11) is 0. The number of carbonyl (C=O) groups is 1. The fraction of sp³-hybridized carbons (Fsp3) is 0.571. The molecule has 0 atom stereocenters. The van der Waals surface area contributed by atoms with Crippen molar-refractivity contribution >= 4 is 33.6 Å². The molecule has 0 aromatic carbocycles. The van der Waals surface area contributed by atoms with E-state index in [1.54, 1.807) is 11.8 Å².